The van der Waals surface area contributed by atoms with Gasteiger partial charge in [-0.3, -0.25) is 4.57 Å². The third kappa shape index (κ3) is 6.35. The molecule has 5 nitrogen and oxygen atoms in total. The lowest BCUT2D eigenvalue weighted by Crippen LogP contribution is -2.12. The second-order valence-electron chi connectivity index (χ2n) is 15.5. The molecule has 0 radical (unpaired) electrons. The van der Waals surface area contributed by atoms with Crippen LogP contribution in [0.15, 0.2) is 91.1 Å². The number of hydrogen-bond acceptors (Lipinski definition) is 3. The van der Waals surface area contributed by atoms with Crippen molar-refractivity contribution >= 4 is 21.8 Å². The van der Waals surface area contributed by atoms with E-state index in [4.69, 9.17) is 14.8 Å². The van der Waals surface area contributed by atoms with Crippen molar-refractivity contribution in [1.82, 2.24) is 19.3 Å². The van der Waals surface area contributed by atoms with Crippen LogP contribution >= 0.6 is 0 Å². The number of rotatable bonds is 8. The van der Waals surface area contributed by atoms with Crippen molar-refractivity contribution < 1.29 is 4.74 Å². The van der Waals surface area contributed by atoms with Crippen molar-refractivity contribution in [2.75, 3.05) is 0 Å². The Kier molecular flexibility index (Phi) is 8.87. The maximum absolute atomic E-state index is 6.76. The number of pyridine rings is 1. The molecule has 3 aromatic heterocycles. The third-order valence-corrected chi connectivity index (χ3v) is 10.2. The summed E-state index contributed by atoms with van der Waals surface area (Å²) < 4.78 is 11.1. The Balaban J connectivity index is 1.32. The molecular weight excluding hydrogens is 625 g/mol. The maximum Gasteiger partial charge on any atom is 0.137 e. The number of hydrogen-bond donors (Lipinski definition) is 0. The topological polar surface area (TPSA) is 44.9 Å². The summed E-state index contributed by atoms with van der Waals surface area (Å²) in [6.45, 7) is 22.3. The first-order chi connectivity index (χ1) is 24.3. The molecular formula is C46H50N4O. The summed E-state index contributed by atoms with van der Waals surface area (Å²) in [7, 11) is 0. The monoisotopic (exact) mass is 674 g/mol. The minimum atomic E-state index is 0.0910. The van der Waals surface area contributed by atoms with Gasteiger partial charge in [-0.1, -0.05) is 78.3 Å². The fourth-order valence-corrected chi connectivity index (χ4v) is 7.59. The number of aromatic nitrogens is 4. The molecule has 51 heavy (non-hydrogen) atoms. The van der Waals surface area contributed by atoms with E-state index in [1.807, 2.05) is 6.20 Å². The number of benzene rings is 4. The molecule has 3 heterocycles. The Bertz CT molecular complexity index is 2390. The molecule has 0 saturated heterocycles. The lowest BCUT2D eigenvalue weighted by molar-refractivity contribution is 0.481. The predicted molar refractivity (Wildman–Crippen MR) is 213 cm³/mol. The Labute approximate surface area is 302 Å². The van der Waals surface area contributed by atoms with Gasteiger partial charge >= 0.3 is 0 Å². The van der Waals surface area contributed by atoms with E-state index in [0.717, 1.165) is 58.3 Å². The highest BCUT2D eigenvalue weighted by Crippen LogP contribution is 2.39. The van der Waals surface area contributed by atoms with E-state index in [2.05, 4.69) is 163 Å². The molecule has 0 fully saturated rings. The Morgan fingerprint density at radius 2 is 1.47 bits per heavy atom. The number of nitrogens with zero attached hydrogens (tertiary/aromatic N) is 4. The minimum absolute atomic E-state index is 0.0910. The molecule has 5 heteroatoms. The van der Waals surface area contributed by atoms with Crippen molar-refractivity contribution in [3.63, 3.8) is 0 Å². The molecule has 4 aromatic carbocycles. The first kappa shape index (κ1) is 34.3. The van der Waals surface area contributed by atoms with Crippen LogP contribution in [-0.2, 0) is 11.8 Å². The molecule has 0 atom stereocenters. The highest BCUT2D eigenvalue weighted by Gasteiger charge is 2.22. The van der Waals surface area contributed by atoms with E-state index < -0.39 is 0 Å². The van der Waals surface area contributed by atoms with Crippen LogP contribution in [-0.4, -0.2) is 19.3 Å². The summed E-state index contributed by atoms with van der Waals surface area (Å²) in [5, 5.41) is 7.51. The lowest BCUT2D eigenvalue weighted by Gasteiger charge is -2.22. The standard InChI is InChI=1S/C46H50N4O/c1-11-14-33-19-20-47-43(23-33)49-41-16-13-12-15-39(41)40-18-17-37(27-42(40)49)51-38-25-34(28(2)3)24-36(26-38)50-32(7)45(31(6)48-50)44-29(4)21-35(22-30(44)5)46(8,9)10/h12-13,15-28H,11,14H2,1-10H3. The van der Waals surface area contributed by atoms with Gasteiger partial charge in [0.05, 0.1) is 22.4 Å². The van der Waals surface area contributed by atoms with Gasteiger partial charge < -0.3 is 4.74 Å². The van der Waals surface area contributed by atoms with Crippen LogP contribution in [0.3, 0.4) is 0 Å². The van der Waals surface area contributed by atoms with Crippen molar-refractivity contribution in [2.24, 2.45) is 0 Å². The summed E-state index contributed by atoms with van der Waals surface area (Å²) in [4.78, 5) is 4.83. The number of aryl methyl sites for hydroxylation is 4. The third-order valence-electron chi connectivity index (χ3n) is 10.2. The summed E-state index contributed by atoms with van der Waals surface area (Å²) in [6.07, 6.45) is 4.04. The van der Waals surface area contributed by atoms with E-state index in [1.165, 1.54) is 49.7 Å². The van der Waals surface area contributed by atoms with Gasteiger partial charge in [0.1, 0.15) is 17.3 Å². The predicted octanol–water partition coefficient (Wildman–Crippen LogP) is 12.4. The zero-order chi connectivity index (χ0) is 36.2. The molecule has 0 unspecified atom stereocenters. The van der Waals surface area contributed by atoms with E-state index in [0.29, 0.717) is 5.92 Å². The van der Waals surface area contributed by atoms with Crippen LogP contribution in [0.2, 0.25) is 0 Å². The van der Waals surface area contributed by atoms with Gasteiger partial charge in [0.2, 0.25) is 0 Å². The quantitative estimate of drug-likeness (QED) is 0.161. The van der Waals surface area contributed by atoms with Crippen LogP contribution < -0.4 is 4.74 Å². The molecule has 7 rings (SSSR count). The zero-order valence-corrected chi connectivity index (χ0v) is 31.8. The average Bonchev–Trinajstić information content (AvgIpc) is 3.57. The molecule has 0 bridgehead atoms. The van der Waals surface area contributed by atoms with Crippen molar-refractivity contribution in [3.8, 4) is 34.1 Å². The summed E-state index contributed by atoms with van der Waals surface area (Å²) in [5.74, 6) is 2.80. The molecule has 0 aliphatic carbocycles. The van der Waals surface area contributed by atoms with Gasteiger partial charge in [-0.2, -0.15) is 5.10 Å². The molecule has 0 N–H and O–H groups in total. The van der Waals surface area contributed by atoms with Crippen molar-refractivity contribution in [1.29, 1.82) is 0 Å². The Morgan fingerprint density at radius 1 is 0.745 bits per heavy atom. The average molecular weight is 675 g/mol. The second kappa shape index (κ2) is 13.2. The molecule has 0 saturated carbocycles. The normalized spacial score (nSPS) is 12.1. The number of fused-ring (bicyclic) bond motifs is 3. The molecule has 0 amide bonds. The number of para-hydroxylation sites is 1. The van der Waals surface area contributed by atoms with E-state index in [-0.39, 0.29) is 5.41 Å². The van der Waals surface area contributed by atoms with Crippen LogP contribution in [0, 0.1) is 27.7 Å². The molecule has 7 aromatic rings. The van der Waals surface area contributed by atoms with Gasteiger partial charge in [-0.25, -0.2) is 9.67 Å². The van der Waals surface area contributed by atoms with E-state index >= 15 is 0 Å². The Hall–Kier alpha value is -5.16. The zero-order valence-electron chi connectivity index (χ0n) is 31.8. The van der Waals surface area contributed by atoms with E-state index in [9.17, 15) is 0 Å². The van der Waals surface area contributed by atoms with Crippen molar-refractivity contribution in [3.05, 3.63) is 130 Å². The van der Waals surface area contributed by atoms with Gasteiger partial charge in [0.25, 0.3) is 0 Å². The number of ether oxygens (including phenoxy) is 1. The molecule has 0 aliphatic rings. The fourth-order valence-electron chi connectivity index (χ4n) is 7.59. The smallest absolute Gasteiger partial charge is 0.137 e. The molecule has 0 aliphatic heterocycles. The highest BCUT2D eigenvalue weighted by atomic mass is 16.5. The van der Waals surface area contributed by atoms with Crippen LogP contribution in [0.5, 0.6) is 11.5 Å². The highest BCUT2D eigenvalue weighted by molar-refractivity contribution is 6.09. The molecule has 260 valence electrons. The minimum Gasteiger partial charge on any atom is -0.457 e. The summed E-state index contributed by atoms with van der Waals surface area (Å²) in [5.41, 5.74) is 14.3. The van der Waals surface area contributed by atoms with Crippen LogP contribution in [0.4, 0.5) is 0 Å². The van der Waals surface area contributed by atoms with Gasteiger partial charge in [0.15, 0.2) is 0 Å². The van der Waals surface area contributed by atoms with Crippen LogP contribution in [0.25, 0.3) is 44.4 Å². The fraction of sp³-hybridized carbons (Fsp3) is 0.304. The first-order valence-electron chi connectivity index (χ1n) is 18.3. The second-order valence-corrected chi connectivity index (χ2v) is 15.5. The van der Waals surface area contributed by atoms with Crippen LogP contribution in [0.1, 0.15) is 93.1 Å². The first-order valence-corrected chi connectivity index (χ1v) is 18.3. The van der Waals surface area contributed by atoms with Gasteiger partial charge in [-0.15, -0.1) is 0 Å². The van der Waals surface area contributed by atoms with Gasteiger partial charge in [-0.05, 0) is 121 Å². The van der Waals surface area contributed by atoms with Crippen molar-refractivity contribution in [2.45, 2.75) is 93.4 Å². The lowest BCUT2D eigenvalue weighted by atomic mass is 9.82. The van der Waals surface area contributed by atoms with Gasteiger partial charge in [0, 0.05) is 40.4 Å². The maximum atomic E-state index is 6.76. The summed E-state index contributed by atoms with van der Waals surface area (Å²) >= 11 is 0. The molecule has 0 spiro atoms. The van der Waals surface area contributed by atoms with E-state index in [1.54, 1.807) is 0 Å². The largest absolute Gasteiger partial charge is 0.457 e. The summed E-state index contributed by atoms with van der Waals surface area (Å²) in [6, 6.07) is 30.5. The Morgan fingerprint density at radius 3 is 2.18 bits per heavy atom. The SMILES string of the molecule is CCCc1ccnc(-n2c3ccccc3c3ccc(Oc4cc(C(C)C)cc(-n5nc(C)c(-c6c(C)cc(C(C)(C)C)cc6C)c5C)c4)cc32)c1.